The van der Waals surface area contributed by atoms with Crippen LogP contribution >= 0.6 is 0 Å². The summed E-state index contributed by atoms with van der Waals surface area (Å²) < 4.78 is 85.4. The average molecular weight is 566 g/mol. The van der Waals surface area contributed by atoms with Crippen LogP contribution in [0.3, 0.4) is 0 Å². The summed E-state index contributed by atoms with van der Waals surface area (Å²) in [5.74, 6) is 0.356. The Labute approximate surface area is 225 Å². The topological polar surface area (TPSA) is 83.4 Å². The van der Waals surface area contributed by atoms with Gasteiger partial charge >= 0.3 is 12.4 Å². The second-order valence-corrected chi connectivity index (χ2v) is 9.25. The molecule has 0 amide bonds. The number of ether oxygens (including phenoxy) is 1. The molecule has 0 fully saturated rings. The predicted octanol–water partition coefficient (Wildman–Crippen LogP) is 5.91. The van der Waals surface area contributed by atoms with Crippen molar-refractivity contribution in [2.75, 3.05) is 32.6 Å². The van der Waals surface area contributed by atoms with E-state index in [0.29, 0.717) is 17.6 Å². The summed E-state index contributed by atoms with van der Waals surface area (Å²) in [6.45, 7) is 0.197. The maximum Gasteiger partial charge on any atom is 0.418 e. The summed E-state index contributed by atoms with van der Waals surface area (Å²) in [5.41, 5.74) is -1.30. The van der Waals surface area contributed by atoms with Crippen LogP contribution in [0, 0.1) is 0 Å². The quantitative estimate of drug-likeness (QED) is 0.244. The van der Waals surface area contributed by atoms with Gasteiger partial charge in [-0.15, -0.1) is 0 Å². The van der Waals surface area contributed by atoms with Crippen molar-refractivity contribution in [1.82, 2.24) is 19.9 Å². The van der Waals surface area contributed by atoms with Crippen LogP contribution in [0.25, 0.3) is 22.2 Å². The number of hydrogen-bond acceptors (Lipinski definition) is 7. The molecule has 2 aromatic carbocycles. The van der Waals surface area contributed by atoms with Crippen LogP contribution in [0.4, 0.5) is 37.8 Å². The highest BCUT2D eigenvalue weighted by Gasteiger charge is 2.34. The summed E-state index contributed by atoms with van der Waals surface area (Å²) in [4.78, 5) is 14.6. The molecule has 13 heteroatoms. The fourth-order valence-corrected chi connectivity index (χ4v) is 3.99. The van der Waals surface area contributed by atoms with Crippen molar-refractivity contribution in [1.29, 1.82) is 0 Å². The van der Waals surface area contributed by atoms with Crippen molar-refractivity contribution in [3.8, 4) is 11.3 Å². The first kappa shape index (κ1) is 29.2. The number of hydrogen-bond donors (Lipinski definition) is 2. The minimum atomic E-state index is -4.63. The van der Waals surface area contributed by atoms with E-state index in [-0.39, 0.29) is 41.6 Å². The largest absolute Gasteiger partial charge is 0.418 e. The molecule has 0 spiro atoms. The number of nitrogens with one attached hydrogen (secondary N) is 1. The second-order valence-electron chi connectivity index (χ2n) is 9.25. The summed E-state index contributed by atoms with van der Waals surface area (Å²) in [6, 6.07) is 10.8. The van der Waals surface area contributed by atoms with Gasteiger partial charge in [0.05, 0.1) is 35.0 Å². The zero-order valence-electron chi connectivity index (χ0n) is 21.4. The lowest BCUT2D eigenvalue weighted by atomic mass is 10.0. The monoisotopic (exact) mass is 565 g/mol. The van der Waals surface area contributed by atoms with Gasteiger partial charge < -0.3 is 20.1 Å². The van der Waals surface area contributed by atoms with E-state index in [2.05, 4.69) is 20.3 Å². The first-order chi connectivity index (χ1) is 18.8. The number of aliphatic hydroxyl groups excluding tert-OH is 1. The minimum absolute atomic E-state index is 0.0236. The van der Waals surface area contributed by atoms with Crippen LogP contribution in [0.1, 0.15) is 17.0 Å². The molecule has 2 N–H and O–H groups in total. The molecule has 212 valence electrons. The number of halogens is 6. The molecular formula is C27H25F6N5O2. The first-order valence-corrected chi connectivity index (χ1v) is 12.0. The molecule has 0 radical (unpaired) electrons. The van der Waals surface area contributed by atoms with E-state index in [9.17, 15) is 31.4 Å². The molecule has 0 bridgehead atoms. The summed E-state index contributed by atoms with van der Waals surface area (Å²) in [6.07, 6.45) is -8.66. The number of benzene rings is 2. The van der Waals surface area contributed by atoms with E-state index in [1.54, 1.807) is 19.0 Å². The van der Waals surface area contributed by atoms with Gasteiger partial charge in [-0.05, 0) is 62.6 Å². The van der Waals surface area contributed by atoms with Crippen LogP contribution in [0.5, 0.6) is 0 Å². The smallest absolute Gasteiger partial charge is 0.389 e. The van der Waals surface area contributed by atoms with Crippen LogP contribution in [0.15, 0.2) is 60.8 Å². The van der Waals surface area contributed by atoms with Gasteiger partial charge in [0.2, 0.25) is 0 Å². The lowest BCUT2D eigenvalue weighted by molar-refractivity contribution is -0.138. The Kier molecular flexibility index (Phi) is 8.57. The molecule has 1 atom stereocenters. The van der Waals surface area contributed by atoms with Crippen molar-refractivity contribution >= 4 is 22.4 Å². The fourth-order valence-electron chi connectivity index (χ4n) is 3.99. The maximum atomic E-state index is 13.6. The predicted molar refractivity (Wildman–Crippen MR) is 137 cm³/mol. The molecule has 4 rings (SSSR count). The van der Waals surface area contributed by atoms with Crippen molar-refractivity contribution in [2.45, 2.75) is 25.1 Å². The van der Waals surface area contributed by atoms with Gasteiger partial charge in [-0.3, -0.25) is 4.98 Å². The highest BCUT2D eigenvalue weighted by Crippen LogP contribution is 2.37. The Morgan fingerprint density at radius 3 is 2.33 bits per heavy atom. The number of aromatic nitrogens is 3. The third kappa shape index (κ3) is 7.23. The maximum absolute atomic E-state index is 13.6. The van der Waals surface area contributed by atoms with Gasteiger partial charge in [0, 0.05) is 29.4 Å². The van der Waals surface area contributed by atoms with E-state index in [1.807, 2.05) is 0 Å². The summed E-state index contributed by atoms with van der Waals surface area (Å²) in [7, 11) is 3.58. The molecular weight excluding hydrogens is 540 g/mol. The summed E-state index contributed by atoms with van der Waals surface area (Å²) >= 11 is 0. The number of fused-ring (bicyclic) bond motifs is 1. The van der Waals surface area contributed by atoms with Gasteiger partial charge in [0.15, 0.2) is 5.82 Å². The second kappa shape index (κ2) is 11.7. The number of nitrogens with zero attached hydrogens (tertiary/aromatic N) is 4. The molecule has 0 aliphatic heterocycles. The zero-order valence-corrected chi connectivity index (χ0v) is 21.4. The molecule has 0 aliphatic rings. The van der Waals surface area contributed by atoms with E-state index in [4.69, 9.17) is 4.74 Å². The lowest BCUT2D eigenvalue weighted by Crippen LogP contribution is -2.29. The molecule has 0 aliphatic carbocycles. The van der Waals surface area contributed by atoms with E-state index in [1.165, 1.54) is 42.6 Å². The number of pyridine rings is 1. The first-order valence-electron chi connectivity index (χ1n) is 12.0. The van der Waals surface area contributed by atoms with Crippen molar-refractivity contribution in [2.24, 2.45) is 0 Å². The number of alkyl halides is 6. The molecule has 1 unspecified atom stereocenters. The van der Waals surface area contributed by atoms with Gasteiger partial charge in [-0.2, -0.15) is 26.3 Å². The van der Waals surface area contributed by atoms with Crippen LogP contribution in [-0.4, -0.2) is 58.3 Å². The lowest BCUT2D eigenvalue weighted by Gasteiger charge is -2.16. The van der Waals surface area contributed by atoms with E-state index < -0.39 is 29.6 Å². The van der Waals surface area contributed by atoms with Crippen LogP contribution < -0.4 is 5.32 Å². The third-order valence-corrected chi connectivity index (χ3v) is 5.72. The van der Waals surface area contributed by atoms with Crippen LogP contribution in [-0.2, 0) is 23.7 Å². The van der Waals surface area contributed by atoms with Crippen LogP contribution in [0.2, 0.25) is 0 Å². The highest BCUT2D eigenvalue weighted by molar-refractivity contribution is 5.93. The third-order valence-electron chi connectivity index (χ3n) is 5.72. The highest BCUT2D eigenvalue weighted by atomic mass is 19.4. The molecule has 4 aromatic rings. The molecule has 7 nitrogen and oxygen atoms in total. The number of aliphatic hydroxyl groups is 1. The molecule has 2 aromatic heterocycles. The average Bonchev–Trinajstić information content (AvgIpc) is 2.87. The van der Waals surface area contributed by atoms with Gasteiger partial charge in [-0.1, -0.05) is 6.07 Å². The van der Waals surface area contributed by atoms with Crippen molar-refractivity contribution in [3.05, 3.63) is 77.7 Å². The Morgan fingerprint density at radius 1 is 0.950 bits per heavy atom. The zero-order chi connectivity index (χ0) is 29.1. The Morgan fingerprint density at radius 2 is 1.68 bits per heavy atom. The molecule has 2 heterocycles. The number of rotatable bonds is 9. The van der Waals surface area contributed by atoms with E-state index in [0.717, 1.165) is 18.2 Å². The van der Waals surface area contributed by atoms with Gasteiger partial charge in [0.1, 0.15) is 12.4 Å². The Balaban J connectivity index is 1.72. The Hall–Kier alpha value is -3.81. The minimum Gasteiger partial charge on any atom is -0.389 e. The Bertz CT molecular complexity index is 1460. The van der Waals surface area contributed by atoms with Gasteiger partial charge in [0.25, 0.3) is 0 Å². The molecule has 40 heavy (non-hydrogen) atoms. The fraction of sp³-hybridized carbons (Fsp3) is 0.296. The van der Waals surface area contributed by atoms with Gasteiger partial charge in [-0.25, -0.2) is 9.97 Å². The molecule has 0 saturated carbocycles. The van der Waals surface area contributed by atoms with Crippen molar-refractivity contribution < 1.29 is 36.2 Å². The molecule has 0 saturated heterocycles. The number of likely N-dealkylation sites (N-methyl/N-ethyl adjacent to an activating group) is 1. The standard InChI is InChI=1S/C27H25F6N5O2/c1-38(2)13-19(39)14-40-15-23-36-22-12-16(24-21(27(31,32)33)4-3-11-34-24)5-10-20(22)25(37-23)35-18-8-6-17(7-9-18)26(28,29)30/h3-12,19,39H,13-15H2,1-2H3,(H,35,36,37). The summed E-state index contributed by atoms with van der Waals surface area (Å²) in [5, 5.41) is 13.4. The normalized spacial score (nSPS) is 13.2. The van der Waals surface area contributed by atoms with E-state index >= 15 is 0 Å². The SMILES string of the molecule is CN(C)CC(O)COCc1nc(Nc2ccc(C(F)(F)F)cc2)c2ccc(-c3ncccc3C(F)(F)F)cc2n1. The number of anilines is 2. The van der Waals surface area contributed by atoms with Crippen molar-refractivity contribution in [3.63, 3.8) is 0 Å².